The van der Waals surface area contributed by atoms with Gasteiger partial charge in [-0.25, -0.2) is 9.48 Å². The van der Waals surface area contributed by atoms with E-state index in [0.717, 1.165) is 6.42 Å². The number of carboxylic acid groups (broad SMARTS) is 1. The number of aryl methyl sites for hydroxylation is 3. The summed E-state index contributed by atoms with van der Waals surface area (Å²) in [7, 11) is 1.66. The summed E-state index contributed by atoms with van der Waals surface area (Å²) in [6.45, 7) is 3.72. The van der Waals surface area contributed by atoms with Crippen LogP contribution in [0, 0.1) is 6.92 Å². The van der Waals surface area contributed by atoms with Gasteiger partial charge < -0.3 is 9.84 Å². The lowest BCUT2D eigenvalue weighted by atomic mass is 10.2. The Bertz CT molecular complexity index is 600. The van der Waals surface area contributed by atoms with E-state index in [-0.39, 0.29) is 11.4 Å². The van der Waals surface area contributed by atoms with Gasteiger partial charge in [0, 0.05) is 7.05 Å². The number of nitrogens with zero attached hydrogens (tertiary/aromatic N) is 2. The quantitative estimate of drug-likeness (QED) is 0.918. The molecule has 1 N–H and O–H groups in total. The molecule has 19 heavy (non-hydrogen) atoms. The van der Waals surface area contributed by atoms with Gasteiger partial charge in [-0.15, -0.1) is 0 Å². The van der Waals surface area contributed by atoms with Crippen LogP contribution in [0.3, 0.4) is 0 Å². The standard InChI is InChI=1S/C14H16N2O3/c1-4-10-5-7-11(8-6-10)19-13-12(14(17)18)9(2)15-16(13)3/h5-8H,4H2,1-3H3,(H,17,18). The summed E-state index contributed by atoms with van der Waals surface area (Å²) in [6.07, 6.45) is 0.950. The Morgan fingerprint density at radius 1 is 1.37 bits per heavy atom. The smallest absolute Gasteiger partial charge is 0.343 e. The van der Waals surface area contributed by atoms with Crippen molar-refractivity contribution in [2.75, 3.05) is 0 Å². The van der Waals surface area contributed by atoms with E-state index in [1.54, 1.807) is 14.0 Å². The predicted molar refractivity (Wildman–Crippen MR) is 70.8 cm³/mol. The fourth-order valence-electron chi connectivity index (χ4n) is 1.91. The van der Waals surface area contributed by atoms with Crippen molar-refractivity contribution in [3.8, 4) is 11.6 Å². The molecule has 0 amide bonds. The molecule has 1 heterocycles. The van der Waals surface area contributed by atoms with Crippen molar-refractivity contribution in [1.29, 1.82) is 0 Å². The topological polar surface area (TPSA) is 64.3 Å². The third kappa shape index (κ3) is 2.59. The summed E-state index contributed by atoms with van der Waals surface area (Å²) in [4.78, 5) is 11.2. The molecule has 5 nitrogen and oxygen atoms in total. The lowest BCUT2D eigenvalue weighted by molar-refractivity contribution is 0.0693. The lowest BCUT2D eigenvalue weighted by Crippen LogP contribution is -2.01. The number of hydrogen-bond acceptors (Lipinski definition) is 3. The highest BCUT2D eigenvalue weighted by atomic mass is 16.5. The maximum Gasteiger partial charge on any atom is 0.343 e. The Morgan fingerprint density at radius 2 is 2.00 bits per heavy atom. The first kappa shape index (κ1) is 13.1. The molecule has 0 atom stereocenters. The fourth-order valence-corrected chi connectivity index (χ4v) is 1.91. The average Bonchev–Trinajstić information content (AvgIpc) is 2.65. The molecular formula is C14H16N2O3. The number of carbonyl (C=O) groups is 1. The van der Waals surface area contributed by atoms with Crippen LogP contribution in [0.2, 0.25) is 0 Å². The van der Waals surface area contributed by atoms with E-state index in [9.17, 15) is 9.90 Å². The molecule has 0 unspecified atom stereocenters. The molecule has 0 aliphatic rings. The number of aromatic carboxylic acids is 1. The fraction of sp³-hybridized carbons (Fsp3) is 0.286. The van der Waals surface area contributed by atoms with Crippen molar-refractivity contribution in [3.05, 3.63) is 41.1 Å². The molecule has 1 aromatic carbocycles. The largest absolute Gasteiger partial charge is 0.477 e. The molecule has 0 saturated carbocycles. The van der Waals surface area contributed by atoms with Gasteiger partial charge in [-0.1, -0.05) is 19.1 Å². The van der Waals surface area contributed by atoms with E-state index < -0.39 is 5.97 Å². The van der Waals surface area contributed by atoms with Crippen LogP contribution >= 0.6 is 0 Å². The molecule has 5 heteroatoms. The first-order valence-electron chi connectivity index (χ1n) is 6.06. The van der Waals surface area contributed by atoms with E-state index in [1.807, 2.05) is 24.3 Å². The van der Waals surface area contributed by atoms with E-state index >= 15 is 0 Å². The molecule has 0 saturated heterocycles. The van der Waals surface area contributed by atoms with Gasteiger partial charge in [0.2, 0.25) is 5.88 Å². The predicted octanol–water partition coefficient (Wildman–Crippen LogP) is 2.78. The zero-order valence-corrected chi connectivity index (χ0v) is 11.2. The van der Waals surface area contributed by atoms with Gasteiger partial charge in [0.1, 0.15) is 11.3 Å². The second kappa shape index (κ2) is 5.14. The van der Waals surface area contributed by atoms with Gasteiger partial charge >= 0.3 is 5.97 Å². The van der Waals surface area contributed by atoms with E-state index in [1.165, 1.54) is 10.2 Å². The van der Waals surface area contributed by atoms with Gasteiger partial charge in [-0.2, -0.15) is 5.10 Å². The minimum absolute atomic E-state index is 0.0991. The van der Waals surface area contributed by atoms with Crippen molar-refractivity contribution < 1.29 is 14.6 Å². The molecule has 0 fully saturated rings. The second-order valence-corrected chi connectivity index (χ2v) is 4.29. The highest BCUT2D eigenvalue weighted by Crippen LogP contribution is 2.27. The van der Waals surface area contributed by atoms with Crippen LogP contribution in [0.5, 0.6) is 11.6 Å². The Kier molecular flexibility index (Phi) is 3.55. The maximum atomic E-state index is 11.2. The molecule has 2 rings (SSSR count). The third-order valence-corrected chi connectivity index (χ3v) is 2.93. The minimum atomic E-state index is -1.04. The number of aromatic nitrogens is 2. The summed E-state index contributed by atoms with van der Waals surface area (Å²) in [5, 5.41) is 13.3. The molecule has 1 aromatic heterocycles. The van der Waals surface area contributed by atoms with Crippen LogP contribution in [0.1, 0.15) is 28.5 Å². The van der Waals surface area contributed by atoms with E-state index in [4.69, 9.17) is 4.74 Å². The molecule has 0 spiro atoms. The second-order valence-electron chi connectivity index (χ2n) is 4.29. The van der Waals surface area contributed by atoms with Gasteiger partial charge in [-0.05, 0) is 31.0 Å². The monoisotopic (exact) mass is 260 g/mol. The summed E-state index contributed by atoms with van der Waals surface area (Å²) >= 11 is 0. The van der Waals surface area contributed by atoms with E-state index in [0.29, 0.717) is 11.4 Å². The Labute approximate surface area is 111 Å². The van der Waals surface area contributed by atoms with Crippen LogP contribution in [-0.4, -0.2) is 20.9 Å². The first-order valence-corrected chi connectivity index (χ1v) is 6.06. The van der Waals surface area contributed by atoms with Crippen LogP contribution < -0.4 is 4.74 Å². The molecule has 100 valence electrons. The summed E-state index contributed by atoms with van der Waals surface area (Å²) in [5.41, 5.74) is 1.74. The van der Waals surface area contributed by atoms with E-state index in [2.05, 4.69) is 12.0 Å². The molecule has 0 aliphatic carbocycles. The number of ether oxygens (including phenoxy) is 1. The summed E-state index contributed by atoms with van der Waals surface area (Å²) in [6, 6.07) is 7.57. The van der Waals surface area contributed by atoms with Crippen molar-refractivity contribution in [2.45, 2.75) is 20.3 Å². The zero-order chi connectivity index (χ0) is 14.0. The Hall–Kier alpha value is -2.30. The third-order valence-electron chi connectivity index (χ3n) is 2.93. The van der Waals surface area contributed by atoms with Gasteiger partial charge in [0.15, 0.2) is 0 Å². The van der Waals surface area contributed by atoms with Crippen LogP contribution in [0.15, 0.2) is 24.3 Å². The maximum absolute atomic E-state index is 11.2. The Morgan fingerprint density at radius 3 is 2.53 bits per heavy atom. The molecule has 0 radical (unpaired) electrons. The highest BCUT2D eigenvalue weighted by Gasteiger charge is 2.21. The average molecular weight is 260 g/mol. The van der Waals surface area contributed by atoms with Crippen molar-refractivity contribution >= 4 is 5.97 Å². The molecule has 2 aromatic rings. The van der Waals surface area contributed by atoms with Gasteiger partial charge in [0.25, 0.3) is 0 Å². The van der Waals surface area contributed by atoms with Crippen molar-refractivity contribution in [2.24, 2.45) is 7.05 Å². The van der Waals surface area contributed by atoms with Crippen LogP contribution in [0.4, 0.5) is 0 Å². The van der Waals surface area contributed by atoms with Gasteiger partial charge in [-0.3, -0.25) is 0 Å². The molecule has 0 aliphatic heterocycles. The molecule has 0 bridgehead atoms. The summed E-state index contributed by atoms with van der Waals surface area (Å²) in [5.74, 6) is -0.192. The zero-order valence-electron chi connectivity index (χ0n) is 11.2. The SMILES string of the molecule is CCc1ccc(Oc2c(C(=O)O)c(C)nn2C)cc1. The normalized spacial score (nSPS) is 10.5. The lowest BCUT2D eigenvalue weighted by Gasteiger charge is -2.07. The first-order chi connectivity index (χ1) is 9.02. The van der Waals surface area contributed by atoms with Crippen molar-refractivity contribution in [3.63, 3.8) is 0 Å². The number of hydrogen-bond donors (Lipinski definition) is 1. The number of rotatable bonds is 4. The summed E-state index contributed by atoms with van der Waals surface area (Å²) < 4.78 is 7.08. The number of carboxylic acids is 1. The Balaban J connectivity index is 2.34. The number of benzene rings is 1. The van der Waals surface area contributed by atoms with Crippen molar-refractivity contribution in [1.82, 2.24) is 9.78 Å². The van der Waals surface area contributed by atoms with Gasteiger partial charge in [0.05, 0.1) is 5.69 Å². The van der Waals surface area contributed by atoms with Crippen LogP contribution in [0.25, 0.3) is 0 Å². The highest BCUT2D eigenvalue weighted by molar-refractivity contribution is 5.91. The minimum Gasteiger partial charge on any atom is -0.477 e. The molecular weight excluding hydrogens is 244 g/mol. The van der Waals surface area contributed by atoms with Crippen LogP contribution in [-0.2, 0) is 13.5 Å².